The Balaban J connectivity index is 2.02. The Bertz CT molecular complexity index is 617. The van der Waals surface area contributed by atoms with Crippen molar-refractivity contribution < 1.29 is 9.53 Å². The lowest BCUT2D eigenvalue weighted by Gasteiger charge is -2.07. The number of amides is 1. The molecule has 2 rings (SSSR count). The molecule has 4 nitrogen and oxygen atoms in total. The molecule has 0 saturated heterocycles. The SMILES string of the molecule is COc1ccc(CNC(=O)c2cc(S)ccc2Cl)cn1. The molecule has 0 unspecified atom stereocenters. The molecule has 0 radical (unpaired) electrons. The fourth-order valence-electron chi connectivity index (χ4n) is 1.60. The van der Waals surface area contributed by atoms with Crippen LogP contribution in [0.4, 0.5) is 0 Å². The molecule has 0 aliphatic carbocycles. The zero-order valence-electron chi connectivity index (χ0n) is 10.8. The zero-order valence-corrected chi connectivity index (χ0v) is 12.4. The number of carbonyl (C=O) groups excluding carboxylic acids is 1. The van der Waals surface area contributed by atoms with Crippen molar-refractivity contribution in [1.29, 1.82) is 0 Å². The van der Waals surface area contributed by atoms with Crippen LogP contribution < -0.4 is 10.1 Å². The van der Waals surface area contributed by atoms with Gasteiger partial charge in [-0.05, 0) is 23.8 Å². The van der Waals surface area contributed by atoms with Gasteiger partial charge in [-0.25, -0.2) is 4.98 Å². The predicted molar refractivity (Wildman–Crippen MR) is 80.7 cm³/mol. The van der Waals surface area contributed by atoms with Crippen LogP contribution in [0, 0.1) is 0 Å². The predicted octanol–water partition coefficient (Wildman–Crippen LogP) is 2.96. The number of nitrogens with zero attached hydrogens (tertiary/aromatic N) is 1. The van der Waals surface area contributed by atoms with E-state index in [0.717, 1.165) is 5.56 Å². The van der Waals surface area contributed by atoms with Crippen molar-refractivity contribution in [3.05, 3.63) is 52.7 Å². The summed E-state index contributed by atoms with van der Waals surface area (Å²) in [5, 5.41) is 3.18. The van der Waals surface area contributed by atoms with Gasteiger partial charge in [-0.2, -0.15) is 0 Å². The fraction of sp³-hybridized carbons (Fsp3) is 0.143. The van der Waals surface area contributed by atoms with E-state index in [0.29, 0.717) is 27.9 Å². The molecule has 0 fully saturated rings. The zero-order chi connectivity index (χ0) is 14.5. The number of benzene rings is 1. The number of methoxy groups -OCH3 is 1. The van der Waals surface area contributed by atoms with Crippen LogP contribution in [-0.4, -0.2) is 18.0 Å². The van der Waals surface area contributed by atoms with Crippen molar-refractivity contribution in [2.45, 2.75) is 11.4 Å². The number of halogens is 1. The highest BCUT2D eigenvalue weighted by Crippen LogP contribution is 2.19. The van der Waals surface area contributed by atoms with Crippen LogP contribution in [0.5, 0.6) is 5.88 Å². The third-order valence-corrected chi connectivity index (χ3v) is 3.26. The second kappa shape index (κ2) is 6.63. The van der Waals surface area contributed by atoms with E-state index < -0.39 is 0 Å². The second-order valence-corrected chi connectivity index (χ2v) is 4.98. The van der Waals surface area contributed by atoms with Crippen LogP contribution in [0.2, 0.25) is 5.02 Å². The number of carbonyl (C=O) groups is 1. The van der Waals surface area contributed by atoms with Crippen molar-refractivity contribution in [2.24, 2.45) is 0 Å². The molecule has 1 N–H and O–H groups in total. The number of aromatic nitrogens is 1. The third kappa shape index (κ3) is 3.65. The Morgan fingerprint density at radius 2 is 2.20 bits per heavy atom. The molecule has 104 valence electrons. The number of thiol groups is 1. The van der Waals surface area contributed by atoms with E-state index in [4.69, 9.17) is 16.3 Å². The van der Waals surface area contributed by atoms with Crippen molar-refractivity contribution in [3.8, 4) is 5.88 Å². The minimum Gasteiger partial charge on any atom is -0.481 e. The summed E-state index contributed by atoms with van der Waals surface area (Å²) in [7, 11) is 1.55. The highest BCUT2D eigenvalue weighted by molar-refractivity contribution is 7.80. The number of hydrogen-bond acceptors (Lipinski definition) is 4. The Morgan fingerprint density at radius 1 is 1.40 bits per heavy atom. The standard InChI is InChI=1S/C14H13ClN2O2S/c1-19-13-5-2-9(7-16-13)8-17-14(18)11-6-10(20)3-4-12(11)15/h2-7,20H,8H2,1H3,(H,17,18). The van der Waals surface area contributed by atoms with E-state index in [2.05, 4.69) is 22.9 Å². The molecule has 6 heteroatoms. The highest BCUT2D eigenvalue weighted by Gasteiger charge is 2.10. The summed E-state index contributed by atoms with van der Waals surface area (Å²) in [6.07, 6.45) is 1.65. The van der Waals surface area contributed by atoms with E-state index in [9.17, 15) is 4.79 Å². The van der Waals surface area contributed by atoms with Gasteiger partial charge in [-0.1, -0.05) is 17.7 Å². The molecule has 0 aliphatic heterocycles. The molecular weight excluding hydrogens is 296 g/mol. The summed E-state index contributed by atoms with van der Waals surface area (Å²) in [6.45, 7) is 0.364. The largest absolute Gasteiger partial charge is 0.481 e. The topological polar surface area (TPSA) is 51.2 Å². The van der Waals surface area contributed by atoms with Crippen LogP contribution in [0.15, 0.2) is 41.4 Å². The first-order valence-electron chi connectivity index (χ1n) is 5.86. The van der Waals surface area contributed by atoms with Gasteiger partial charge in [-0.3, -0.25) is 4.79 Å². The second-order valence-electron chi connectivity index (χ2n) is 4.06. The first-order valence-corrected chi connectivity index (χ1v) is 6.68. The molecular formula is C14H13ClN2O2S. The van der Waals surface area contributed by atoms with Gasteiger partial charge in [0.05, 0.1) is 17.7 Å². The molecule has 0 saturated carbocycles. The number of pyridine rings is 1. The number of rotatable bonds is 4. The quantitative estimate of drug-likeness (QED) is 0.854. The van der Waals surface area contributed by atoms with E-state index in [-0.39, 0.29) is 5.91 Å². The summed E-state index contributed by atoms with van der Waals surface area (Å²) in [5.41, 5.74) is 1.28. The number of ether oxygens (including phenoxy) is 1. The van der Waals surface area contributed by atoms with Gasteiger partial charge in [0, 0.05) is 23.7 Å². The van der Waals surface area contributed by atoms with Crippen molar-refractivity contribution in [3.63, 3.8) is 0 Å². The van der Waals surface area contributed by atoms with Gasteiger partial charge in [0.1, 0.15) is 0 Å². The lowest BCUT2D eigenvalue weighted by Crippen LogP contribution is -2.23. The van der Waals surface area contributed by atoms with Gasteiger partial charge in [-0.15, -0.1) is 12.6 Å². The Kier molecular flexibility index (Phi) is 4.87. The fourth-order valence-corrected chi connectivity index (χ4v) is 2.01. The van der Waals surface area contributed by atoms with E-state index in [1.807, 2.05) is 6.07 Å². The Hall–Kier alpha value is -1.72. The third-order valence-electron chi connectivity index (χ3n) is 2.65. The summed E-state index contributed by atoms with van der Waals surface area (Å²) >= 11 is 10.2. The number of hydrogen-bond donors (Lipinski definition) is 2. The molecule has 20 heavy (non-hydrogen) atoms. The smallest absolute Gasteiger partial charge is 0.253 e. The number of nitrogens with one attached hydrogen (secondary N) is 1. The lowest BCUT2D eigenvalue weighted by atomic mass is 10.2. The monoisotopic (exact) mass is 308 g/mol. The minimum atomic E-state index is -0.248. The van der Waals surface area contributed by atoms with Crippen LogP contribution >= 0.6 is 24.2 Å². The van der Waals surface area contributed by atoms with Gasteiger partial charge in [0.25, 0.3) is 5.91 Å². The minimum absolute atomic E-state index is 0.248. The average Bonchev–Trinajstić information content (AvgIpc) is 2.47. The van der Waals surface area contributed by atoms with Crippen LogP contribution in [0.1, 0.15) is 15.9 Å². The summed E-state index contributed by atoms with van der Waals surface area (Å²) in [4.78, 5) is 16.8. The maximum atomic E-state index is 12.0. The maximum Gasteiger partial charge on any atom is 0.253 e. The first kappa shape index (κ1) is 14.7. The van der Waals surface area contributed by atoms with Crippen LogP contribution in [0.3, 0.4) is 0 Å². The molecule has 2 aromatic rings. The molecule has 1 amide bonds. The lowest BCUT2D eigenvalue weighted by molar-refractivity contribution is 0.0951. The van der Waals surface area contributed by atoms with Crippen molar-refractivity contribution in [2.75, 3.05) is 7.11 Å². The van der Waals surface area contributed by atoms with Crippen LogP contribution in [-0.2, 0) is 6.54 Å². The Labute approximate surface area is 127 Å². The Morgan fingerprint density at radius 3 is 2.85 bits per heavy atom. The summed E-state index contributed by atoms with van der Waals surface area (Å²) in [5.74, 6) is 0.285. The normalized spacial score (nSPS) is 10.2. The molecule has 1 aromatic carbocycles. The molecule has 0 atom stereocenters. The van der Waals surface area contributed by atoms with Crippen molar-refractivity contribution in [1.82, 2.24) is 10.3 Å². The maximum absolute atomic E-state index is 12.0. The van der Waals surface area contributed by atoms with Gasteiger partial charge < -0.3 is 10.1 Å². The van der Waals surface area contributed by atoms with Gasteiger partial charge in [0.15, 0.2) is 0 Å². The molecule has 0 aliphatic rings. The van der Waals surface area contributed by atoms with Gasteiger partial charge >= 0.3 is 0 Å². The van der Waals surface area contributed by atoms with Crippen LogP contribution in [0.25, 0.3) is 0 Å². The summed E-state index contributed by atoms with van der Waals surface area (Å²) in [6, 6.07) is 8.59. The molecule has 0 spiro atoms. The van der Waals surface area contributed by atoms with E-state index >= 15 is 0 Å². The van der Waals surface area contributed by atoms with Gasteiger partial charge in [0.2, 0.25) is 5.88 Å². The average molecular weight is 309 g/mol. The van der Waals surface area contributed by atoms with Crippen molar-refractivity contribution >= 4 is 30.1 Å². The van der Waals surface area contributed by atoms with E-state index in [1.54, 1.807) is 37.6 Å². The molecule has 1 heterocycles. The first-order chi connectivity index (χ1) is 9.60. The molecule has 1 aromatic heterocycles. The molecule has 0 bridgehead atoms. The van der Waals surface area contributed by atoms with E-state index in [1.165, 1.54) is 0 Å². The summed E-state index contributed by atoms with van der Waals surface area (Å²) < 4.78 is 4.97. The highest BCUT2D eigenvalue weighted by atomic mass is 35.5.